The van der Waals surface area contributed by atoms with Gasteiger partial charge in [-0.25, -0.2) is 10.1 Å². The lowest BCUT2D eigenvalue weighted by atomic mass is 10.2. The molecule has 9 nitrogen and oxygen atoms in total. The quantitative estimate of drug-likeness (QED) is 0.420. The summed E-state index contributed by atoms with van der Waals surface area (Å²) in [5.74, 6) is -0.562. The number of hydrazone groups is 1. The summed E-state index contributed by atoms with van der Waals surface area (Å²) in [7, 11) is 0. The Kier molecular flexibility index (Phi) is 4.90. The Labute approximate surface area is 152 Å². The first kappa shape index (κ1) is 17.5. The van der Waals surface area contributed by atoms with Gasteiger partial charge in [0, 0.05) is 12.1 Å². The number of nitrogens with zero attached hydrogens (tertiary/aromatic N) is 5. The number of para-hydroxylation sites is 1. The molecule has 1 aromatic heterocycles. The van der Waals surface area contributed by atoms with E-state index in [4.69, 9.17) is 11.6 Å². The summed E-state index contributed by atoms with van der Waals surface area (Å²) < 4.78 is 1.67. The number of carbonyl (C=O) groups excluding carboxylic acids is 1. The Hall–Kier alpha value is -3.33. The maximum atomic E-state index is 12.2. The molecule has 0 saturated carbocycles. The number of non-ortho nitro benzene ring substituents is 1. The molecule has 3 rings (SSSR count). The number of hydrogen-bond donors (Lipinski definition) is 1. The third-order valence-corrected chi connectivity index (χ3v) is 3.87. The van der Waals surface area contributed by atoms with Crippen LogP contribution in [-0.2, 0) is 6.54 Å². The first-order valence-corrected chi connectivity index (χ1v) is 7.89. The van der Waals surface area contributed by atoms with Gasteiger partial charge in [-0.05, 0) is 25.1 Å². The minimum Gasteiger partial charge on any atom is -0.267 e. The molecule has 0 bridgehead atoms. The zero-order valence-electron chi connectivity index (χ0n) is 13.6. The normalized spacial score (nSPS) is 11.5. The predicted octanol–water partition coefficient (Wildman–Crippen LogP) is 2.80. The fourth-order valence-electron chi connectivity index (χ4n) is 2.29. The van der Waals surface area contributed by atoms with E-state index in [1.165, 1.54) is 12.1 Å². The molecule has 1 N–H and O–H groups in total. The van der Waals surface area contributed by atoms with Crippen LogP contribution < -0.4 is 5.43 Å². The number of halogens is 1. The van der Waals surface area contributed by atoms with Gasteiger partial charge in [0.2, 0.25) is 0 Å². The third-order valence-electron chi connectivity index (χ3n) is 3.56. The van der Waals surface area contributed by atoms with Crippen LogP contribution in [0.15, 0.2) is 47.6 Å². The molecule has 3 aromatic rings. The van der Waals surface area contributed by atoms with Gasteiger partial charge in [0.15, 0.2) is 0 Å². The van der Waals surface area contributed by atoms with E-state index >= 15 is 0 Å². The number of amides is 1. The van der Waals surface area contributed by atoms with E-state index in [0.717, 1.165) is 17.1 Å². The van der Waals surface area contributed by atoms with E-state index < -0.39 is 10.8 Å². The average Bonchev–Trinajstić information content (AvgIpc) is 3.02. The van der Waals surface area contributed by atoms with Gasteiger partial charge in [-0.15, -0.1) is 5.10 Å². The molecule has 1 amide bonds. The van der Waals surface area contributed by atoms with E-state index in [1.807, 2.05) is 24.3 Å². The van der Waals surface area contributed by atoms with E-state index in [-0.39, 0.29) is 16.3 Å². The average molecular weight is 373 g/mol. The summed E-state index contributed by atoms with van der Waals surface area (Å²) in [6.07, 6.45) is 0. The van der Waals surface area contributed by atoms with Crippen molar-refractivity contribution < 1.29 is 9.72 Å². The van der Waals surface area contributed by atoms with Gasteiger partial charge in [-0.1, -0.05) is 28.9 Å². The zero-order valence-corrected chi connectivity index (χ0v) is 14.3. The van der Waals surface area contributed by atoms with E-state index in [2.05, 4.69) is 20.8 Å². The van der Waals surface area contributed by atoms with Crippen molar-refractivity contribution >= 4 is 39.9 Å². The Morgan fingerprint density at radius 1 is 1.35 bits per heavy atom. The smallest absolute Gasteiger partial charge is 0.267 e. The van der Waals surface area contributed by atoms with Crippen molar-refractivity contribution in [1.82, 2.24) is 20.4 Å². The van der Waals surface area contributed by atoms with Crippen LogP contribution >= 0.6 is 11.6 Å². The van der Waals surface area contributed by atoms with E-state index in [0.29, 0.717) is 12.3 Å². The van der Waals surface area contributed by atoms with E-state index in [9.17, 15) is 14.9 Å². The second-order valence-electron chi connectivity index (χ2n) is 5.45. The van der Waals surface area contributed by atoms with Gasteiger partial charge < -0.3 is 0 Å². The van der Waals surface area contributed by atoms with Crippen LogP contribution in [0.25, 0.3) is 11.0 Å². The van der Waals surface area contributed by atoms with Crippen molar-refractivity contribution in [1.29, 1.82) is 0 Å². The van der Waals surface area contributed by atoms with Crippen LogP contribution in [0.2, 0.25) is 5.02 Å². The lowest BCUT2D eigenvalue weighted by Crippen LogP contribution is -2.21. The lowest BCUT2D eigenvalue weighted by Gasteiger charge is -2.05. The summed E-state index contributed by atoms with van der Waals surface area (Å²) in [5, 5.41) is 22.8. The molecular weight excluding hydrogens is 360 g/mol. The van der Waals surface area contributed by atoms with Crippen molar-refractivity contribution in [2.45, 2.75) is 13.5 Å². The highest BCUT2D eigenvalue weighted by Gasteiger charge is 2.14. The number of fused-ring (bicyclic) bond motifs is 1. The minimum atomic E-state index is -0.585. The molecule has 132 valence electrons. The summed E-state index contributed by atoms with van der Waals surface area (Å²) in [5.41, 5.74) is 4.50. The Morgan fingerprint density at radius 2 is 2.12 bits per heavy atom. The highest BCUT2D eigenvalue weighted by molar-refractivity contribution is 6.34. The standard InChI is InChI=1S/C16H13ClN6O3/c1-10(9-22-15-5-3-2-4-14(15)19-21-22)18-20-16(24)12-7-6-11(23(25)26)8-13(12)17/h2-8H,9H2,1H3,(H,20,24)/b18-10+. The largest absolute Gasteiger partial charge is 0.272 e. The minimum absolute atomic E-state index is 0.0215. The second-order valence-corrected chi connectivity index (χ2v) is 5.85. The van der Waals surface area contributed by atoms with Gasteiger partial charge in [0.1, 0.15) is 5.52 Å². The van der Waals surface area contributed by atoms with Crippen LogP contribution in [-0.4, -0.2) is 31.5 Å². The second kappa shape index (κ2) is 7.28. The van der Waals surface area contributed by atoms with Crippen LogP contribution in [0.4, 0.5) is 5.69 Å². The molecule has 0 fully saturated rings. The fourth-order valence-corrected chi connectivity index (χ4v) is 2.55. The summed E-state index contributed by atoms with van der Waals surface area (Å²) in [6, 6.07) is 11.1. The molecular formula is C16H13ClN6O3. The number of benzene rings is 2. The monoisotopic (exact) mass is 372 g/mol. The number of nitrogens with one attached hydrogen (secondary N) is 1. The summed E-state index contributed by atoms with van der Waals surface area (Å²) >= 11 is 5.93. The van der Waals surface area contributed by atoms with Crippen LogP contribution in [0.5, 0.6) is 0 Å². The molecule has 0 aliphatic carbocycles. The number of hydrogen-bond acceptors (Lipinski definition) is 6. The van der Waals surface area contributed by atoms with Crippen molar-refractivity contribution in [2.24, 2.45) is 5.10 Å². The van der Waals surface area contributed by atoms with Gasteiger partial charge in [0.05, 0.1) is 33.3 Å². The maximum absolute atomic E-state index is 12.2. The van der Waals surface area contributed by atoms with Crippen molar-refractivity contribution in [2.75, 3.05) is 0 Å². The first-order valence-electron chi connectivity index (χ1n) is 7.51. The predicted molar refractivity (Wildman–Crippen MR) is 96.2 cm³/mol. The third kappa shape index (κ3) is 3.67. The van der Waals surface area contributed by atoms with Crippen LogP contribution in [0.1, 0.15) is 17.3 Å². The van der Waals surface area contributed by atoms with Gasteiger partial charge in [-0.3, -0.25) is 14.9 Å². The van der Waals surface area contributed by atoms with Crippen molar-refractivity contribution in [3.8, 4) is 0 Å². The fraction of sp³-hybridized carbons (Fsp3) is 0.125. The molecule has 0 spiro atoms. The first-order chi connectivity index (χ1) is 12.5. The van der Waals surface area contributed by atoms with Crippen LogP contribution in [0, 0.1) is 10.1 Å². The summed E-state index contributed by atoms with van der Waals surface area (Å²) in [6.45, 7) is 2.07. The SMILES string of the molecule is C/C(Cn1nnc2ccccc21)=N\NC(=O)c1ccc([N+](=O)[O-])cc1Cl. The lowest BCUT2D eigenvalue weighted by molar-refractivity contribution is -0.384. The number of carbonyl (C=O) groups is 1. The maximum Gasteiger partial charge on any atom is 0.272 e. The highest BCUT2D eigenvalue weighted by atomic mass is 35.5. The molecule has 0 radical (unpaired) electrons. The van der Waals surface area contributed by atoms with Crippen molar-refractivity contribution in [3.05, 3.63) is 63.2 Å². The molecule has 10 heteroatoms. The summed E-state index contributed by atoms with van der Waals surface area (Å²) in [4.78, 5) is 22.3. The number of nitro benzene ring substituents is 1. The molecule has 1 heterocycles. The Balaban J connectivity index is 1.70. The van der Waals surface area contributed by atoms with Gasteiger partial charge in [-0.2, -0.15) is 5.10 Å². The molecule has 0 aliphatic rings. The van der Waals surface area contributed by atoms with Crippen molar-refractivity contribution in [3.63, 3.8) is 0 Å². The zero-order chi connectivity index (χ0) is 18.7. The Morgan fingerprint density at radius 3 is 2.85 bits per heavy atom. The molecule has 2 aromatic carbocycles. The van der Waals surface area contributed by atoms with Crippen LogP contribution in [0.3, 0.4) is 0 Å². The molecule has 26 heavy (non-hydrogen) atoms. The highest BCUT2D eigenvalue weighted by Crippen LogP contribution is 2.22. The van der Waals surface area contributed by atoms with Gasteiger partial charge >= 0.3 is 0 Å². The Bertz CT molecular complexity index is 1030. The number of nitro groups is 1. The van der Waals surface area contributed by atoms with E-state index in [1.54, 1.807) is 11.6 Å². The number of aromatic nitrogens is 3. The molecule has 0 saturated heterocycles. The topological polar surface area (TPSA) is 115 Å². The number of rotatable bonds is 5. The molecule has 0 aliphatic heterocycles. The molecule has 0 atom stereocenters. The molecule has 0 unspecified atom stereocenters. The van der Waals surface area contributed by atoms with Gasteiger partial charge in [0.25, 0.3) is 11.6 Å².